The molecule has 0 atom stereocenters. The number of amides is 1. The largest absolute Gasteiger partial charge is 0.344 e. The molecule has 1 amide bonds. The minimum absolute atomic E-state index is 0.0528. The molecule has 5 nitrogen and oxygen atoms in total. The Kier molecular flexibility index (Phi) is 6.88. The van der Waals surface area contributed by atoms with Crippen molar-refractivity contribution in [3.63, 3.8) is 0 Å². The van der Waals surface area contributed by atoms with Gasteiger partial charge in [-0.1, -0.05) is 91.0 Å². The Labute approximate surface area is 215 Å². The van der Waals surface area contributed by atoms with E-state index in [1.165, 1.54) is 30.5 Å². The summed E-state index contributed by atoms with van der Waals surface area (Å²) in [5, 5.41) is 3.65. The van der Waals surface area contributed by atoms with E-state index in [1.807, 2.05) is 66.7 Å². The molecule has 0 radical (unpaired) electrons. The second kappa shape index (κ2) is 10.4. The highest BCUT2D eigenvalue weighted by Crippen LogP contribution is 2.28. The van der Waals surface area contributed by atoms with Crippen LogP contribution >= 0.6 is 0 Å². The molecule has 0 spiro atoms. The number of nitrogens with zero attached hydrogens (tertiary/aromatic N) is 1. The molecule has 0 bridgehead atoms. The molecule has 0 saturated carbocycles. The van der Waals surface area contributed by atoms with Crippen molar-refractivity contribution in [3.05, 3.63) is 138 Å². The summed E-state index contributed by atoms with van der Waals surface area (Å²) in [6.45, 7) is -0.0528. The van der Waals surface area contributed by atoms with E-state index < -0.39 is 15.7 Å². The highest BCUT2D eigenvalue weighted by molar-refractivity contribution is 7.90. The Balaban J connectivity index is 1.44. The van der Waals surface area contributed by atoms with Gasteiger partial charge in [0.1, 0.15) is 12.4 Å². The Morgan fingerprint density at radius 3 is 1.97 bits per heavy atom. The summed E-state index contributed by atoms with van der Waals surface area (Å²) in [6.07, 6.45) is 1.52. The lowest BCUT2D eigenvalue weighted by Gasteiger charge is -2.20. The fourth-order valence-electron chi connectivity index (χ4n) is 4.48. The van der Waals surface area contributed by atoms with Gasteiger partial charge in [0.15, 0.2) is 9.84 Å². The number of sulfone groups is 1. The van der Waals surface area contributed by atoms with Gasteiger partial charge in [0.2, 0.25) is 5.91 Å². The molecule has 0 aliphatic heterocycles. The quantitative estimate of drug-likeness (QED) is 0.292. The summed E-state index contributed by atoms with van der Waals surface area (Å²) in [5.74, 6) is -0.939. The molecule has 186 valence electrons. The van der Waals surface area contributed by atoms with Crippen LogP contribution in [-0.4, -0.2) is 18.9 Å². The molecule has 5 rings (SSSR count). The monoisotopic (exact) mass is 512 g/mol. The topological polar surface area (TPSA) is 68.2 Å². The summed E-state index contributed by atoms with van der Waals surface area (Å²) in [6, 6.07) is 31.6. The van der Waals surface area contributed by atoms with Crippen LogP contribution in [0.15, 0.2) is 120 Å². The third-order valence-electron chi connectivity index (χ3n) is 6.24. The number of carbonyl (C=O) groups is 1. The summed E-state index contributed by atoms with van der Waals surface area (Å²) in [7, 11) is -3.75. The van der Waals surface area contributed by atoms with Crippen molar-refractivity contribution in [2.45, 2.75) is 23.2 Å². The van der Waals surface area contributed by atoms with Gasteiger partial charge in [-0.3, -0.25) is 4.79 Å². The van der Waals surface area contributed by atoms with Crippen LogP contribution < -0.4 is 5.32 Å². The van der Waals surface area contributed by atoms with Crippen LogP contribution in [0.25, 0.3) is 10.9 Å². The fourth-order valence-corrected chi connectivity index (χ4v) is 6.06. The predicted molar refractivity (Wildman–Crippen MR) is 142 cm³/mol. The first-order chi connectivity index (χ1) is 17.9. The fraction of sp³-hybridized carbons (Fsp3) is 0.100. The molecule has 0 saturated heterocycles. The number of aromatic nitrogens is 1. The summed E-state index contributed by atoms with van der Waals surface area (Å²) < 4.78 is 41.6. The van der Waals surface area contributed by atoms with E-state index in [2.05, 4.69) is 5.32 Å². The first-order valence-corrected chi connectivity index (χ1v) is 13.5. The highest BCUT2D eigenvalue weighted by atomic mass is 32.2. The molecular formula is C30H25FN2O3S. The number of hydrogen-bond donors (Lipinski definition) is 1. The van der Waals surface area contributed by atoms with E-state index in [4.69, 9.17) is 0 Å². The minimum atomic E-state index is -3.75. The maximum Gasteiger partial charge on any atom is 0.240 e. The van der Waals surface area contributed by atoms with Gasteiger partial charge in [0.05, 0.1) is 16.7 Å². The van der Waals surface area contributed by atoms with Crippen LogP contribution in [0.3, 0.4) is 0 Å². The number of rotatable bonds is 8. The standard InChI is InChI=1S/C30H25FN2O3S/c31-25-17-15-22(16-18-25)21-37(35,36)28-19-33(27-14-8-7-13-26(27)28)20-29(34)32-30(23-9-3-1-4-10-23)24-11-5-2-6-12-24/h1-19,30H,20-21H2,(H,32,34). The maximum atomic E-state index is 13.3. The number of nitrogens with one attached hydrogen (secondary N) is 1. The van der Waals surface area contributed by atoms with Crippen LogP contribution in [0.5, 0.6) is 0 Å². The molecule has 0 unspecified atom stereocenters. The third kappa shape index (κ3) is 5.47. The molecule has 7 heteroatoms. The van der Waals surface area contributed by atoms with E-state index in [1.54, 1.807) is 22.8 Å². The zero-order chi connectivity index (χ0) is 25.8. The first-order valence-electron chi connectivity index (χ1n) is 11.8. The Morgan fingerprint density at radius 2 is 1.35 bits per heavy atom. The molecule has 1 aromatic heterocycles. The number of halogens is 1. The van der Waals surface area contributed by atoms with Crippen LogP contribution in [-0.2, 0) is 26.9 Å². The number of fused-ring (bicyclic) bond motifs is 1. The van der Waals surface area contributed by atoms with E-state index in [0.717, 1.165) is 11.1 Å². The van der Waals surface area contributed by atoms with Gasteiger partial charge in [-0.15, -0.1) is 0 Å². The van der Waals surface area contributed by atoms with E-state index in [0.29, 0.717) is 16.5 Å². The zero-order valence-electron chi connectivity index (χ0n) is 19.9. The summed E-state index contributed by atoms with van der Waals surface area (Å²) in [4.78, 5) is 13.4. The second-order valence-electron chi connectivity index (χ2n) is 8.85. The number of para-hydroxylation sites is 1. The molecule has 0 aliphatic carbocycles. The lowest BCUT2D eigenvalue weighted by Crippen LogP contribution is -2.32. The van der Waals surface area contributed by atoms with Crippen molar-refractivity contribution < 1.29 is 17.6 Å². The van der Waals surface area contributed by atoms with Crippen LogP contribution in [0, 0.1) is 5.82 Å². The SMILES string of the molecule is O=C(Cn1cc(S(=O)(=O)Cc2ccc(F)cc2)c2ccccc21)NC(c1ccccc1)c1ccccc1. The number of carbonyl (C=O) groups excluding carboxylic acids is 1. The van der Waals surface area contributed by atoms with E-state index in [9.17, 15) is 17.6 Å². The normalized spacial score (nSPS) is 11.6. The smallest absolute Gasteiger partial charge is 0.240 e. The molecule has 0 aliphatic rings. The third-order valence-corrected chi connectivity index (χ3v) is 7.95. The minimum Gasteiger partial charge on any atom is -0.344 e. The lowest BCUT2D eigenvalue weighted by molar-refractivity contribution is -0.122. The first kappa shape index (κ1) is 24.5. The lowest BCUT2D eigenvalue weighted by atomic mass is 9.99. The van der Waals surface area contributed by atoms with Crippen molar-refractivity contribution >= 4 is 26.6 Å². The molecule has 5 aromatic rings. The van der Waals surface area contributed by atoms with Crippen molar-refractivity contribution in [1.29, 1.82) is 0 Å². The highest BCUT2D eigenvalue weighted by Gasteiger charge is 2.23. The van der Waals surface area contributed by atoms with Crippen molar-refractivity contribution in [3.8, 4) is 0 Å². The van der Waals surface area contributed by atoms with Crippen LogP contribution in [0.2, 0.25) is 0 Å². The van der Waals surface area contributed by atoms with Gasteiger partial charge in [-0.05, 0) is 34.9 Å². The number of hydrogen-bond acceptors (Lipinski definition) is 3. The molecule has 1 N–H and O–H groups in total. The Bertz CT molecular complexity index is 1590. The Hall–Kier alpha value is -4.23. The van der Waals surface area contributed by atoms with Gasteiger partial charge in [0.25, 0.3) is 0 Å². The summed E-state index contributed by atoms with van der Waals surface area (Å²) >= 11 is 0. The molecule has 0 fully saturated rings. The second-order valence-corrected chi connectivity index (χ2v) is 10.8. The van der Waals surface area contributed by atoms with Gasteiger partial charge in [-0.2, -0.15) is 0 Å². The van der Waals surface area contributed by atoms with E-state index >= 15 is 0 Å². The molecule has 37 heavy (non-hydrogen) atoms. The Morgan fingerprint density at radius 1 is 0.784 bits per heavy atom. The van der Waals surface area contributed by atoms with E-state index in [-0.39, 0.29) is 29.1 Å². The predicted octanol–water partition coefficient (Wildman–Crippen LogP) is 5.66. The van der Waals surface area contributed by atoms with Gasteiger partial charge >= 0.3 is 0 Å². The van der Waals surface area contributed by atoms with Gasteiger partial charge < -0.3 is 9.88 Å². The molecule has 1 heterocycles. The van der Waals surface area contributed by atoms with Crippen LogP contribution in [0.1, 0.15) is 22.7 Å². The van der Waals surface area contributed by atoms with Crippen molar-refractivity contribution in [2.24, 2.45) is 0 Å². The van der Waals surface area contributed by atoms with Gasteiger partial charge in [0, 0.05) is 17.1 Å². The molecular weight excluding hydrogens is 487 g/mol. The molecule has 4 aromatic carbocycles. The van der Waals surface area contributed by atoms with Crippen molar-refractivity contribution in [2.75, 3.05) is 0 Å². The average molecular weight is 513 g/mol. The zero-order valence-corrected chi connectivity index (χ0v) is 20.7. The maximum absolute atomic E-state index is 13.3. The van der Waals surface area contributed by atoms with Crippen LogP contribution in [0.4, 0.5) is 4.39 Å². The van der Waals surface area contributed by atoms with Gasteiger partial charge in [-0.25, -0.2) is 12.8 Å². The van der Waals surface area contributed by atoms with Crippen molar-refractivity contribution in [1.82, 2.24) is 9.88 Å². The number of benzene rings is 4. The summed E-state index contributed by atoms with van der Waals surface area (Å²) in [5.41, 5.74) is 3.03. The average Bonchev–Trinajstić information content (AvgIpc) is 3.29.